The van der Waals surface area contributed by atoms with Crippen LogP contribution in [0.25, 0.3) is 11.0 Å². The maximum absolute atomic E-state index is 12.3. The van der Waals surface area contributed by atoms with Crippen LogP contribution in [0.5, 0.6) is 11.5 Å². The fourth-order valence-corrected chi connectivity index (χ4v) is 3.00. The molecular weight excluding hydrogens is 376 g/mol. The largest absolute Gasteiger partial charge is 0.486 e. The van der Waals surface area contributed by atoms with Crippen LogP contribution in [0.3, 0.4) is 0 Å². The van der Waals surface area contributed by atoms with Gasteiger partial charge in [0.1, 0.15) is 25.3 Å². The molecule has 0 fully saturated rings. The summed E-state index contributed by atoms with van der Waals surface area (Å²) in [7, 11) is 1.65. The Hall–Kier alpha value is -3.62. The van der Waals surface area contributed by atoms with Crippen LogP contribution in [0.15, 0.2) is 42.5 Å². The number of rotatable bonds is 6. The Balaban J connectivity index is 1.29. The second-order valence-corrected chi connectivity index (χ2v) is 6.62. The number of para-hydroxylation sites is 1. The molecule has 0 aliphatic carbocycles. The first kappa shape index (κ1) is 18.7. The molecule has 0 radical (unpaired) electrons. The van der Waals surface area contributed by atoms with Gasteiger partial charge in [0.05, 0.1) is 5.52 Å². The third-order valence-electron chi connectivity index (χ3n) is 4.51. The number of hydrogen-bond acceptors (Lipinski definition) is 7. The molecule has 0 spiro atoms. The highest BCUT2D eigenvalue weighted by atomic mass is 16.6. The summed E-state index contributed by atoms with van der Waals surface area (Å²) in [4.78, 5) is 25.9. The van der Waals surface area contributed by atoms with Crippen molar-refractivity contribution in [3.63, 3.8) is 0 Å². The van der Waals surface area contributed by atoms with Crippen LogP contribution in [0.4, 0.5) is 0 Å². The van der Waals surface area contributed by atoms with E-state index in [0.29, 0.717) is 36.8 Å². The smallest absolute Gasteiger partial charge is 0.328 e. The van der Waals surface area contributed by atoms with Crippen LogP contribution in [0.2, 0.25) is 0 Å². The number of carbonyl (C=O) groups excluding carboxylic acids is 2. The van der Waals surface area contributed by atoms with Crippen molar-refractivity contribution in [2.24, 2.45) is 0 Å². The van der Waals surface area contributed by atoms with Gasteiger partial charge in [-0.05, 0) is 29.8 Å². The zero-order valence-electron chi connectivity index (χ0n) is 15.9. The van der Waals surface area contributed by atoms with E-state index in [4.69, 9.17) is 14.2 Å². The average molecular weight is 396 g/mol. The van der Waals surface area contributed by atoms with Gasteiger partial charge in [-0.15, -0.1) is 5.10 Å². The molecule has 0 saturated heterocycles. The van der Waals surface area contributed by atoms with Crippen molar-refractivity contribution in [2.45, 2.75) is 13.1 Å². The number of carbonyl (C=O) groups is 2. The number of fused-ring (bicyclic) bond motifs is 2. The number of ether oxygens (including phenoxy) is 3. The van der Waals surface area contributed by atoms with Crippen molar-refractivity contribution >= 4 is 22.9 Å². The van der Waals surface area contributed by atoms with Crippen LogP contribution < -0.4 is 9.47 Å². The van der Waals surface area contributed by atoms with E-state index in [1.807, 2.05) is 36.4 Å². The number of nitrogens with zero attached hydrogens (tertiary/aromatic N) is 4. The fraction of sp³-hybridized carbons (Fsp3) is 0.300. The first-order chi connectivity index (χ1) is 14.1. The van der Waals surface area contributed by atoms with Crippen LogP contribution >= 0.6 is 0 Å². The van der Waals surface area contributed by atoms with E-state index in [0.717, 1.165) is 11.1 Å². The normalized spacial score (nSPS) is 12.6. The Morgan fingerprint density at radius 3 is 2.79 bits per heavy atom. The van der Waals surface area contributed by atoms with E-state index in [-0.39, 0.29) is 19.1 Å². The van der Waals surface area contributed by atoms with Gasteiger partial charge in [0.25, 0.3) is 5.91 Å². The van der Waals surface area contributed by atoms with E-state index in [2.05, 4.69) is 10.3 Å². The number of benzene rings is 2. The Morgan fingerprint density at radius 1 is 1.14 bits per heavy atom. The van der Waals surface area contributed by atoms with Crippen molar-refractivity contribution in [3.8, 4) is 11.5 Å². The SMILES string of the molecule is CN(Cc1ccc2c(c1)OCCO2)C(=O)COC(=O)Cn1nnc2ccccc21. The van der Waals surface area contributed by atoms with Crippen molar-refractivity contribution in [1.29, 1.82) is 0 Å². The summed E-state index contributed by atoms with van der Waals surface area (Å²) >= 11 is 0. The molecule has 0 unspecified atom stereocenters. The summed E-state index contributed by atoms with van der Waals surface area (Å²) in [5.41, 5.74) is 2.31. The first-order valence-electron chi connectivity index (χ1n) is 9.16. The van der Waals surface area contributed by atoms with E-state index >= 15 is 0 Å². The monoisotopic (exact) mass is 396 g/mol. The standard InChI is InChI=1S/C20H20N4O5/c1-23(11-14-6-7-17-18(10-14)28-9-8-27-17)19(25)13-29-20(26)12-24-16-5-3-2-4-15(16)21-22-24/h2-7,10H,8-9,11-13H2,1H3. The van der Waals surface area contributed by atoms with E-state index < -0.39 is 5.97 Å². The van der Waals surface area contributed by atoms with E-state index in [9.17, 15) is 9.59 Å². The van der Waals surface area contributed by atoms with Gasteiger partial charge in [-0.1, -0.05) is 23.4 Å². The van der Waals surface area contributed by atoms with Crippen LogP contribution in [-0.2, 0) is 27.4 Å². The Labute approximate surface area is 166 Å². The summed E-state index contributed by atoms with van der Waals surface area (Å²) in [5, 5.41) is 7.92. The third kappa shape index (κ3) is 4.29. The van der Waals surface area contributed by atoms with Gasteiger partial charge in [-0.2, -0.15) is 0 Å². The molecule has 9 heteroatoms. The van der Waals surface area contributed by atoms with Gasteiger partial charge in [-0.25, -0.2) is 4.68 Å². The summed E-state index contributed by atoms with van der Waals surface area (Å²) in [5.74, 6) is 0.503. The predicted molar refractivity (Wildman–Crippen MR) is 102 cm³/mol. The van der Waals surface area contributed by atoms with Crippen molar-refractivity contribution < 1.29 is 23.8 Å². The second kappa shape index (κ2) is 8.17. The lowest BCUT2D eigenvalue weighted by Gasteiger charge is -2.21. The van der Waals surface area contributed by atoms with E-state index in [1.165, 1.54) is 9.58 Å². The molecule has 2 heterocycles. The molecule has 9 nitrogen and oxygen atoms in total. The molecule has 3 aromatic rings. The molecule has 0 saturated carbocycles. The lowest BCUT2D eigenvalue weighted by atomic mass is 10.2. The molecule has 2 aromatic carbocycles. The maximum Gasteiger partial charge on any atom is 0.328 e. The van der Waals surface area contributed by atoms with Crippen LogP contribution in [0.1, 0.15) is 5.56 Å². The zero-order valence-corrected chi connectivity index (χ0v) is 15.9. The highest BCUT2D eigenvalue weighted by Crippen LogP contribution is 2.31. The van der Waals surface area contributed by atoms with Gasteiger partial charge in [0.2, 0.25) is 0 Å². The molecule has 1 aliphatic rings. The van der Waals surface area contributed by atoms with Gasteiger partial charge < -0.3 is 19.1 Å². The Kier molecular flexibility index (Phi) is 5.28. The van der Waals surface area contributed by atoms with Gasteiger partial charge in [-0.3, -0.25) is 9.59 Å². The third-order valence-corrected chi connectivity index (χ3v) is 4.51. The Bertz CT molecular complexity index is 1050. The lowest BCUT2D eigenvalue weighted by Crippen LogP contribution is -2.31. The average Bonchev–Trinajstić information content (AvgIpc) is 3.14. The number of esters is 1. The molecule has 29 heavy (non-hydrogen) atoms. The summed E-state index contributed by atoms with van der Waals surface area (Å²) in [6.07, 6.45) is 0. The van der Waals surface area contributed by atoms with Gasteiger partial charge in [0, 0.05) is 13.6 Å². The second-order valence-electron chi connectivity index (χ2n) is 6.62. The minimum atomic E-state index is -0.554. The highest BCUT2D eigenvalue weighted by molar-refractivity contribution is 5.81. The van der Waals surface area contributed by atoms with E-state index in [1.54, 1.807) is 13.1 Å². The lowest BCUT2D eigenvalue weighted by molar-refractivity contribution is -0.152. The molecule has 0 atom stereocenters. The first-order valence-corrected chi connectivity index (χ1v) is 9.16. The topological polar surface area (TPSA) is 95.8 Å². The van der Waals surface area contributed by atoms with Crippen LogP contribution in [0, 0.1) is 0 Å². The molecule has 0 bridgehead atoms. The molecule has 0 N–H and O–H groups in total. The van der Waals surface area contributed by atoms with Gasteiger partial charge >= 0.3 is 5.97 Å². The molecule has 1 aromatic heterocycles. The number of hydrogen-bond donors (Lipinski definition) is 0. The molecule has 1 amide bonds. The zero-order chi connectivity index (χ0) is 20.2. The molecule has 1 aliphatic heterocycles. The number of amides is 1. The van der Waals surface area contributed by atoms with Gasteiger partial charge in [0.15, 0.2) is 18.1 Å². The quantitative estimate of drug-likeness (QED) is 0.581. The summed E-state index contributed by atoms with van der Waals surface area (Å²) in [6, 6.07) is 12.8. The fourth-order valence-electron chi connectivity index (χ4n) is 3.00. The van der Waals surface area contributed by atoms with Crippen molar-refractivity contribution in [1.82, 2.24) is 19.9 Å². The number of aromatic nitrogens is 3. The molecule has 4 rings (SSSR count). The van der Waals surface area contributed by atoms with Crippen molar-refractivity contribution in [3.05, 3.63) is 48.0 Å². The summed E-state index contributed by atoms with van der Waals surface area (Å²) < 4.78 is 17.6. The Morgan fingerprint density at radius 2 is 1.93 bits per heavy atom. The highest BCUT2D eigenvalue weighted by Gasteiger charge is 2.16. The molecule has 150 valence electrons. The van der Waals surface area contributed by atoms with Crippen LogP contribution in [-0.4, -0.2) is 58.6 Å². The summed E-state index contributed by atoms with van der Waals surface area (Å²) in [6.45, 7) is 0.940. The maximum atomic E-state index is 12.3. The number of likely N-dealkylation sites (N-methyl/N-ethyl adjacent to an activating group) is 1. The minimum Gasteiger partial charge on any atom is -0.486 e. The van der Waals surface area contributed by atoms with Crippen molar-refractivity contribution in [2.75, 3.05) is 26.9 Å². The molecular formula is C20H20N4O5. The predicted octanol–water partition coefficient (Wildman–Crippen LogP) is 1.40. The minimum absolute atomic E-state index is 0.111.